The maximum absolute atomic E-state index is 13.1. The Labute approximate surface area is 204 Å². The second-order valence-electron chi connectivity index (χ2n) is 10.8. The van der Waals surface area contributed by atoms with Crippen LogP contribution in [0.2, 0.25) is 0 Å². The zero-order valence-electron chi connectivity index (χ0n) is 19.8. The van der Waals surface area contributed by atoms with Gasteiger partial charge < -0.3 is 10.4 Å². The predicted octanol–water partition coefficient (Wildman–Crippen LogP) is 5.13. The highest BCUT2D eigenvalue weighted by molar-refractivity contribution is 7.39. The van der Waals surface area contributed by atoms with Crippen molar-refractivity contribution >= 4 is 64.5 Å². The number of hydrogen-bond donors (Lipinski definition) is 0. The molecule has 0 fully saturated rings. The van der Waals surface area contributed by atoms with Crippen molar-refractivity contribution in [2.45, 2.75) is 77.5 Å². The molecule has 0 bridgehead atoms. The molecule has 2 radical (unpaired) electrons. The van der Waals surface area contributed by atoms with Crippen LogP contribution in [-0.2, 0) is 10.4 Å². The van der Waals surface area contributed by atoms with E-state index in [1.165, 1.54) is 34.0 Å². The maximum Gasteiger partial charge on any atom is 0.326 e. The Hall–Kier alpha value is -1.92. The van der Waals surface area contributed by atoms with E-state index in [-0.39, 0.29) is 11.7 Å². The first-order valence-corrected chi connectivity index (χ1v) is 13.1. The number of nitrogens with zero attached hydrogens (tertiary/aromatic N) is 4. The standard InChI is InChI=1S/C22H26N4O4S3/c1-19(2)20(3,4)24(28)17(23(19)27)13-9-11-15(32-13)16-12(31-11)10-14(33-16)18-25(29)21(5,6)22(7,8)26(18)30/h9-10H,1-8H3. The van der Waals surface area contributed by atoms with Crippen LogP contribution in [-0.4, -0.2) is 53.4 Å². The van der Waals surface area contributed by atoms with Crippen LogP contribution in [0.25, 0.3) is 18.8 Å². The highest BCUT2D eigenvalue weighted by atomic mass is 32.1. The number of hydrogen-bond acceptors (Lipinski definition) is 7. The highest BCUT2D eigenvalue weighted by Crippen LogP contribution is 2.47. The van der Waals surface area contributed by atoms with E-state index in [0.717, 1.165) is 38.4 Å². The number of amidine groups is 2. The molecule has 0 amide bonds. The van der Waals surface area contributed by atoms with Crippen molar-refractivity contribution in [3.8, 4) is 0 Å². The first-order chi connectivity index (χ1) is 15.0. The highest BCUT2D eigenvalue weighted by Gasteiger charge is 2.61. The number of rotatable bonds is 2. The normalized spacial score (nSPS) is 23.7. The molecule has 0 saturated heterocycles. The van der Waals surface area contributed by atoms with Gasteiger partial charge in [0.05, 0.1) is 9.40 Å². The van der Waals surface area contributed by atoms with E-state index in [2.05, 4.69) is 0 Å². The third-order valence-corrected chi connectivity index (χ3v) is 11.8. The number of fused-ring (bicyclic) bond motifs is 3. The fourth-order valence-corrected chi connectivity index (χ4v) is 8.21. The molecule has 0 atom stereocenters. The van der Waals surface area contributed by atoms with E-state index in [1.54, 1.807) is 55.4 Å². The van der Waals surface area contributed by atoms with Gasteiger partial charge in [0, 0.05) is 19.8 Å². The van der Waals surface area contributed by atoms with Crippen LogP contribution in [0.3, 0.4) is 0 Å². The maximum atomic E-state index is 13.1. The summed E-state index contributed by atoms with van der Waals surface area (Å²) in [4.78, 5) is 1.26. The van der Waals surface area contributed by atoms with E-state index in [9.17, 15) is 20.8 Å². The predicted molar refractivity (Wildman–Crippen MR) is 132 cm³/mol. The molecule has 0 N–H and O–H groups in total. The van der Waals surface area contributed by atoms with E-state index in [1.807, 2.05) is 12.1 Å². The van der Waals surface area contributed by atoms with Crippen molar-refractivity contribution in [2.75, 3.05) is 0 Å². The Bertz CT molecular complexity index is 1290. The molecule has 2 aliphatic rings. The molecule has 5 heterocycles. The molecule has 0 aromatic carbocycles. The molecule has 0 saturated carbocycles. The summed E-state index contributed by atoms with van der Waals surface area (Å²) in [5.41, 5.74) is -3.50. The van der Waals surface area contributed by atoms with Crippen molar-refractivity contribution < 1.29 is 19.9 Å². The Morgan fingerprint density at radius 3 is 1.27 bits per heavy atom. The minimum absolute atomic E-state index is 0.133. The molecule has 2 aliphatic heterocycles. The van der Waals surface area contributed by atoms with Gasteiger partial charge in [-0.05, 0) is 67.5 Å². The first kappa shape index (κ1) is 22.9. The van der Waals surface area contributed by atoms with Crippen molar-refractivity contribution in [3.63, 3.8) is 0 Å². The molecule has 5 rings (SSSR count). The Kier molecular flexibility index (Phi) is 4.43. The molecule has 3 aromatic heterocycles. The third-order valence-electron chi connectivity index (χ3n) is 8.06. The fourth-order valence-electron chi connectivity index (χ4n) is 4.17. The smallest absolute Gasteiger partial charge is 0.326 e. The van der Waals surface area contributed by atoms with E-state index in [0.29, 0.717) is 9.75 Å². The van der Waals surface area contributed by atoms with Crippen LogP contribution in [0.5, 0.6) is 0 Å². The van der Waals surface area contributed by atoms with Gasteiger partial charge >= 0.3 is 11.7 Å². The summed E-state index contributed by atoms with van der Waals surface area (Å²) in [5.74, 6) is 0.266. The minimum Gasteiger partial charge on any atom is -0.714 e. The largest absolute Gasteiger partial charge is 0.714 e. The lowest BCUT2D eigenvalue weighted by Gasteiger charge is -2.32. The Morgan fingerprint density at radius 1 is 0.667 bits per heavy atom. The Morgan fingerprint density at radius 2 is 1.00 bits per heavy atom. The van der Waals surface area contributed by atoms with Gasteiger partial charge in [0.25, 0.3) is 0 Å². The van der Waals surface area contributed by atoms with Crippen LogP contribution in [0.1, 0.15) is 65.1 Å². The summed E-state index contributed by atoms with van der Waals surface area (Å²) in [6.07, 6.45) is 0. The SMILES string of the molecule is CC1(C)N([O])C(c2cc3sc4cc(C5=[N+]([O-])C(C)(C)C(C)(C)N5[O])sc4c3s2)=[N+]([O-])C1(C)C. The van der Waals surface area contributed by atoms with Gasteiger partial charge in [-0.25, -0.2) is 0 Å². The lowest BCUT2D eigenvalue weighted by Crippen LogP contribution is -2.53. The van der Waals surface area contributed by atoms with Crippen LogP contribution in [0.4, 0.5) is 0 Å². The summed E-state index contributed by atoms with van der Waals surface area (Å²) in [6, 6.07) is 3.79. The van der Waals surface area contributed by atoms with Gasteiger partial charge in [0.15, 0.2) is 11.1 Å². The minimum atomic E-state index is -0.874. The molecule has 0 unspecified atom stereocenters. The lowest BCUT2D eigenvalue weighted by molar-refractivity contribution is -0.539. The zero-order valence-corrected chi connectivity index (χ0v) is 22.3. The lowest BCUT2D eigenvalue weighted by atomic mass is 9.84. The number of thiophene rings is 3. The molecule has 176 valence electrons. The average molecular weight is 507 g/mol. The first-order valence-electron chi connectivity index (χ1n) is 10.6. The molecule has 0 aliphatic carbocycles. The van der Waals surface area contributed by atoms with Crippen molar-refractivity contribution in [1.29, 1.82) is 0 Å². The van der Waals surface area contributed by atoms with Gasteiger partial charge in [-0.2, -0.15) is 0 Å². The molecule has 0 spiro atoms. The quantitative estimate of drug-likeness (QED) is 0.355. The molecule has 8 nitrogen and oxygen atoms in total. The molecular weight excluding hydrogens is 480 g/mol. The summed E-state index contributed by atoms with van der Waals surface area (Å²) in [6.45, 7) is 14.2. The van der Waals surface area contributed by atoms with Crippen LogP contribution >= 0.6 is 34.0 Å². The van der Waals surface area contributed by atoms with Gasteiger partial charge in [-0.3, -0.25) is 9.48 Å². The van der Waals surface area contributed by atoms with Gasteiger partial charge in [0.2, 0.25) is 0 Å². The zero-order chi connectivity index (χ0) is 24.5. The van der Waals surface area contributed by atoms with Gasteiger partial charge in [-0.15, -0.1) is 34.0 Å². The van der Waals surface area contributed by atoms with Crippen molar-refractivity contribution in [2.24, 2.45) is 0 Å². The van der Waals surface area contributed by atoms with E-state index >= 15 is 0 Å². The van der Waals surface area contributed by atoms with E-state index < -0.39 is 22.2 Å². The van der Waals surface area contributed by atoms with Gasteiger partial charge in [-0.1, -0.05) is 10.1 Å². The topological polar surface area (TPSA) is 98.4 Å². The number of hydroxylamine groups is 6. The molecule has 3 aromatic rings. The van der Waals surface area contributed by atoms with Gasteiger partial charge in [0.1, 0.15) is 20.8 Å². The molecule has 11 heteroatoms. The summed E-state index contributed by atoms with van der Waals surface area (Å²) < 4.78 is 5.55. The summed E-state index contributed by atoms with van der Waals surface area (Å²) in [5, 5.41) is 53.9. The van der Waals surface area contributed by atoms with Crippen molar-refractivity contribution in [3.05, 3.63) is 32.3 Å². The summed E-state index contributed by atoms with van der Waals surface area (Å²) in [7, 11) is 0. The van der Waals surface area contributed by atoms with Crippen molar-refractivity contribution in [1.82, 2.24) is 10.1 Å². The molecular formula is C22H26N4O4S3. The van der Waals surface area contributed by atoms with Crippen LogP contribution in [0, 0.1) is 10.4 Å². The van der Waals surface area contributed by atoms with E-state index in [4.69, 9.17) is 0 Å². The fraction of sp³-hybridized carbons (Fsp3) is 0.545. The summed E-state index contributed by atoms with van der Waals surface area (Å²) >= 11 is 4.35. The monoisotopic (exact) mass is 506 g/mol. The second-order valence-corrected chi connectivity index (χ2v) is 14.0. The molecule has 33 heavy (non-hydrogen) atoms. The van der Waals surface area contributed by atoms with Crippen LogP contribution < -0.4 is 0 Å². The second kappa shape index (κ2) is 6.39. The Balaban J connectivity index is 1.63. The average Bonchev–Trinajstić information content (AvgIpc) is 3.41. The third kappa shape index (κ3) is 2.57. The van der Waals surface area contributed by atoms with Crippen LogP contribution in [0.15, 0.2) is 12.1 Å².